The molecule has 0 saturated carbocycles. The number of aldehydes is 1. The maximum Gasteiger partial charge on any atom is 0.161 e. The summed E-state index contributed by atoms with van der Waals surface area (Å²) in [6.45, 7) is 2.44. The number of hydrogen-bond acceptors (Lipinski definition) is 4. The molecule has 0 atom stereocenters. The van der Waals surface area contributed by atoms with E-state index >= 15 is 0 Å². The molecule has 0 spiro atoms. The molecule has 0 amide bonds. The zero-order valence-electron chi connectivity index (χ0n) is 11.4. The van der Waals surface area contributed by atoms with Crippen LogP contribution in [-0.2, 0) is 0 Å². The van der Waals surface area contributed by atoms with Crippen molar-refractivity contribution in [1.29, 1.82) is 0 Å². The quantitative estimate of drug-likeness (QED) is 0.849. The topological polar surface area (TPSA) is 55.8 Å². The van der Waals surface area contributed by atoms with Gasteiger partial charge in [-0.3, -0.25) is 4.79 Å². The molecule has 2 aromatic carbocycles. The zero-order valence-corrected chi connectivity index (χ0v) is 11.4. The smallest absolute Gasteiger partial charge is 0.161 e. The highest BCUT2D eigenvalue weighted by Crippen LogP contribution is 2.34. The zero-order chi connectivity index (χ0) is 14.5. The number of methoxy groups -OCH3 is 1. The van der Waals surface area contributed by atoms with E-state index in [9.17, 15) is 9.90 Å². The Bertz CT molecular complexity index is 620. The van der Waals surface area contributed by atoms with Crippen molar-refractivity contribution >= 4 is 6.29 Å². The summed E-state index contributed by atoms with van der Waals surface area (Å²) in [6, 6.07) is 10.4. The average Bonchev–Trinajstić information content (AvgIpc) is 2.47. The van der Waals surface area contributed by atoms with Crippen LogP contribution in [0.25, 0.3) is 11.1 Å². The van der Waals surface area contributed by atoms with Crippen molar-refractivity contribution in [2.24, 2.45) is 0 Å². The third-order valence-corrected chi connectivity index (χ3v) is 2.95. The van der Waals surface area contributed by atoms with Gasteiger partial charge >= 0.3 is 0 Å². The summed E-state index contributed by atoms with van der Waals surface area (Å²) in [5.41, 5.74) is 1.95. The Balaban J connectivity index is 2.44. The monoisotopic (exact) mass is 272 g/mol. The standard InChI is InChI=1S/C16H16O4/c1-3-20-16-9-12(6-7-15(16)19-2)11-4-5-13(10-17)14(18)8-11/h4-10,18H,3H2,1-2H3. The Kier molecular flexibility index (Phi) is 4.25. The molecule has 2 aromatic rings. The lowest BCUT2D eigenvalue weighted by Crippen LogP contribution is -1.95. The van der Waals surface area contributed by atoms with Crippen LogP contribution in [0.5, 0.6) is 17.2 Å². The van der Waals surface area contributed by atoms with Gasteiger partial charge in [-0.25, -0.2) is 0 Å². The van der Waals surface area contributed by atoms with Gasteiger partial charge in [-0.2, -0.15) is 0 Å². The van der Waals surface area contributed by atoms with Crippen molar-refractivity contribution in [2.45, 2.75) is 6.92 Å². The van der Waals surface area contributed by atoms with E-state index in [0.717, 1.165) is 11.1 Å². The highest BCUT2D eigenvalue weighted by Gasteiger charge is 2.08. The Hall–Kier alpha value is -2.49. The van der Waals surface area contributed by atoms with Crippen molar-refractivity contribution < 1.29 is 19.4 Å². The van der Waals surface area contributed by atoms with Crippen molar-refractivity contribution in [3.05, 3.63) is 42.0 Å². The molecule has 0 radical (unpaired) electrons. The largest absolute Gasteiger partial charge is 0.507 e. The van der Waals surface area contributed by atoms with E-state index in [1.165, 1.54) is 0 Å². The van der Waals surface area contributed by atoms with Gasteiger partial charge < -0.3 is 14.6 Å². The second kappa shape index (κ2) is 6.10. The van der Waals surface area contributed by atoms with E-state index in [2.05, 4.69) is 0 Å². The lowest BCUT2D eigenvalue weighted by atomic mass is 10.0. The van der Waals surface area contributed by atoms with E-state index in [0.29, 0.717) is 24.4 Å². The van der Waals surface area contributed by atoms with Gasteiger partial charge in [0.2, 0.25) is 0 Å². The molecule has 0 fully saturated rings. The molecule has 104 valence electrons. The summed E-state index contributed by atoms with van der Waals surface area (Å²) >= 11 is 0. The number of benzene rings is 2. The van der Waals surface area contributed by atoms with E-state index < -0.39 is 0 Å². The molecule has 0 aliphatic rings. The summed E-state index contributed by atoms with van der Waals surface area (Å²) in [7, 11) is 1.59. The molecule has 0 aliphatic carbocycles. The number of hydrogen-bond donors (Lipinski definition) is 1. The number of phenols is 1. The molecule has 0 bridgehead atoms. The maximum atomic E-state index is 10.7. The molecule has 0 aliphatic heterocycles. The summed E-state index contributed by atoms with van der Waals surface area (Å²) in [4.78, 5) is 10.7. The minimum absolute atomic E-state index is 0.0359. The summed E-state index contributed by atoms with van der Waals surface area (Å²) in [5, 5.41) is 9.74. The van der Waals surface area contributed by atoms with Crippen LogP contribution in [0.15, 0.2) is 36.4 Å². The fraction of sp³-hybridized carbons (Fsp3) is 0.188. The molecule has 0 heterocycles. The molecule has 2 rings (SSSR count). The van der Waals surface area contributed by atoms with Gasteiger partial charge in [-0.05, 0) is 42.3 Å². The number of carbonyl (C=O) groups is 1. The molecule has 0 aromatic heterocycles. The van der Waals surface area contributed by atoms with Gasteiger partial charge in [0.15, 0.2) is 17.8 Å². The van der Waals surface area contributed by atoms with Crippen LogP contribution in [0, 0.1) is 0 Å². The summed E-state index contributed by atoms with van der Waals surface area (Å²) in [6.07, 6.45) is 0.624. The number of ether oxygens (including phenoxy) is 2. The first-order chi connectivity index (χ1) is 9.69. The third kappa shape index (κ3) is 2.74. The molecule has 0 saturated heterocycles. The normalized spacial score (nSPS) is 10.1. The Morgan fingerprint density at radius 2 is 1.80 bits per heavy atom. The van der Waals surface area contributed by atoms with Gasteiger partial charge in [-0.1, -0.05) is 12.1 Å². The fourth-order valence-corrected chi connectivity index (χ4v) is 1.95. The highest BCUT2D eigenvalue weighted by molar-refractivity contribution is 5.81. The van der Waals surface area contributed by atoms with Crippen molar-refractivity contribution in [3.8, 4) is 28.4 Å². The SMILES string of the molecule is CCOc1cc(-c2ccc(C=O)c(O)c2)ccc1OC. The van der Waals surface area contributed by atoms with Crippen LogP contribution in [-0.4, -0.2) is 25.1 Å². The first kappa shape index (κ1) is 13.9. The van der Waals surface area contributed by atoms with Gasteiger partial charge in [0.1, 0.15) is 5.75 Å². The third-order valence-electron chi connectivity index (χ3n) is 2.95. The van der Waals surface area contributed by atoms with Crippen LogP contribution in [0.4, 0.5) is 0 Å². The number of phenolic OH excluding ortho intramolecular Hbond substituents is 1. The summed E-state index contributed by atoms with van der Waals surface area (Å²) < 4.78 is 10.7. The molecular weight excluding hydrogens is 256 g/mol. The first-order valence-electron chi connectivity index (χ1n) is 6.29. The van der Waals surface area contributed by atoms with Crippen LogP contribution in [0.1, 0.15) is 17.3 Å². The van der Waals surface area contributed by atoms with Crippen molar-refractivity contribution in [2.75, 3.05) is 13.7 Å². The highest BCUT2D eigenvalue weighted by atomic mass is 16.5. The lowest BCUT2D eigenvalue weighted by molar-refractivity contribution is 0.112. The van der Waals surface area contributed by atoms with Crippen LogP contribution in [0.3, 0.4) is 0 Å². The second-order valence-corrected chi connectivity index (χ2v) is 4.19. The second-order valence-electron chi connectivity index (χ2n) is 4.19. The Labute approximate surface area is 117 Å². The Morgan fingerprint density at radius 1 is 1.10 bits per heavy atom. The number of carbonyl (C=O) groups excluding carboxylic acids is 1. The number of aromatic hydroxyl groups is 1. The fourth-order valence-electron chi connectivity index (χ4n) is 1.95. The van der Waals surface area contributed by atoms with Crippen LogP contribution >= 0.6 is 0 Å². The van der Waals surface area contributed by atoms with Gasteiger partial charge in [0, 0.05) is 0 Å². The minimum Gasteiger partial charge on any atom is -0.507 e. The minimum atomic E-state index is -0.0359. The number of rotatable bonds is 5. The van der Waals surface area contributed by atoms with Crippen LogP contribution < -0.4 is 9.47 Å². The first-order valence-corrected chi connectivity index (χ1v) is 6.29. The van der Waals surface area contributed by atoms with E-state index in [1.807, 2.05) is 25.1 Å². The van der Waals surface area contributed by atoms with E-state index in [1.54, 1.807) is 25.3 Å². The van der Waals surface area contributed by atoms with Gasteiger partial charge in [-0.15, -0.1) is 0 Å². The van der Waals surface area contributed by atoms with Crippen molar-refractivity contribution in [1.82, 2.24) is 0 Å². The predicted octanol–water partition coefficient (Wildman–Crippen LogP) is 3.28. The predicted molar refractivity (Wildman–Crippen MR) is 76.7 cm³/mol. The summed E-state index contributed by atoms with van der Waals surface area (Å²) in [5.74, 6) is 1.27. The lowest BCUT2D eigenvalue weighted by Gasteiger charge is -2.11. The molecule has 4 heteroatoms. The Morgan fingerprint density at radius 3 is 2.40 bits per heavy atom. The van der Waals surface area contributed by atoms with E-state index in [-0.39, 0.29) is 11.3 Å². The van der Waals surface area contributed by atoms with Crippen molar-refractivity contribution in [3.63, 3.8) is 0 Å². The van der Waals surface area contributed by atoms with Gasteiger partial charge in [0.05, 0.1) is 19.3 Å². The van der Waals surface area contributed by atoms with Crippen LogP contribution in [0.2, 0.25) is 0 Å². The molecule has 0 unspecified atom stereocenters. The van der Waals surface area contributed by atoms with Gasteiger partial charge in [0.25, 0.3) is 0 Å². The van der Waals surface area contributed by atoms with E-state index in [4.69, 9.17) is 9.47 Å². The maximum absolute atomic E-state index is 10.7. The molecule has 4 nitrogen and oxygen atoms in total. The average molecular weight is 272 g/mol. The molecule has 20 heavy (non-hydrogen) atoms. The molecule has 1 N–H and O–H groups in total. The molecular formula is C16H16O4.